The van der Waals surface area contributed by atoms with Crippen molar-refractivity contribution >= 4 is 5.82 Å². The quantitative estimate of drug-likeness (QED) is 0.912. The molecule has 1 unspecified atom stereocenters. The average molecular weight is 275 g/mol. The summed E-state index contributed by atoms with van der Waals surface area (Å²) in [7, 11) is 0. The molecule has 1 aliphatic rings. The van der Waals surface area contributed by atoms with Gasteiger partial charge < -0.3 is 10.2 Å². The Morgan fingerprint density at radius 2 is 2.05 bits per heavy atom. The lowest BCUT2D eigenvalue weighted by molar-refractivity contribution is 0.423. The first-order valence-corrected chi connectivity index (χ1v) is 7.85. The Morgan fingerprint density at radius 1 is 1.30 bits per heavy atom. The van der Waals surface area contributed by atoms with Crippen LogP contribution in [-0.2, 0) is 6.54 Å². The molecule has 112 valence electrons. The van der Waals surface area contributed by atoms with E-state index in [9.17, 15) is 0 Å². The zero-order valence-electron chi connectivity index (χ0n) is 13.7. The lowest BCUT2D eigenvalue weighted by atomic mass is 10.0. The van der Waals surface area contributed by atoms with Crippen LogP contribution in [-0.4, -0.2) is 23.1 Å². The molecule has 0 bridgehead atoms. The Hall–Kier alpha value is -1.09. The summed E-state index contributed by atoms with van der Waals surface area (Å²) in [6, 6.07) is 5.04. The monoisotopic (exact) mass is 275 g/mol. The van der Waals surface area contributed by atoms with Gasteiger partial charge in [0.25, 0.3) is 0 Å². The van der Waals surface area contributed by atoms with Crippen LogP contribution in [0.3, 0.4) is 0 Å². The Bertz CT molecular complexity index is 448. The van der Waals surface area contributed by atoms with E-state index in [1.165, 1.54) is 24.8 Å². The first-order valence-electron chi connectivity index (χ1n) is 7.85. The molecule has 1 aromatic heterocycles. The van der Waals surface area contributed by atoms with Crippen LogP contribution in [0, 0.1) is 6.92 Å². The highest BCUT2D eigenvalue weighted by atomic mass is 15.2. The molecule has 1 aromatic rings. The summed E-state index contributed by atoms with van der Waals surface area (Å²) in [6.45, 7) is 13.0. The van der Waals surface area contributed by atoms with Gasteiger partial charge in [-0.2, -0.15) is 0 Å². The van der Waals surface area contributed by atoms with Gasteiger partial charge in [-0.25, -0.2) is 4.98 Å². The molecule has 3 heteroatoms. The summed E-state index contributed by atoms with van der Waals surface area (Å²) in [6.07, 6.45) is 3.93. The zero-order chi connectivity index (χ0) is 14.8. The van der Waals surface area contributed by atoms with Gasteiger partial charge in [-0.1, -0.05) is 6.07 Å². The highest BCUT2D eigenvalue weighted by molar-refractivity contribution is 5.43. The summed E-state index contributed by atoms with van der Waals surface area (Å²) in [5.74, 6) is 1.15. The van der Waals surface area contributed by atoms with Gasteiger partial charge in [0, 0.05) is 30.4 Å². The van der Waals surface area contributed by atoms with E-state index >= 15 is 0 Å². The van der Waals surface area contributed by atoms with Crippen molar-refractivity contribution in [2.24, 2.45) is 0 Å². The van der Waals surface area contributed by atoms with Crippen molar-refractivity contribution < 1.29 is 0 Å². The van der Waals surface area contributed by atoms with Gasteiger partial charge in [0.1, 0.15) is 5.82 Å². The molecule has 0 spiro atoms. The maximum Gasteiger partial charge on any atom is 0.129 e. The van der Waals surface area contributed by atoms with E-state index in [-0.39, 0.29) is 5.54 Å². The van der Waals surface area contributed by atoms with Crippen molar-refractivity contribution in [1.82, 2.24) is 10.3 Å². The number of aromatic nitrogens is 1. The first-order chi connectivity index (χ1) is 9.37. The van der Waals surface area contributed by atoms with E-state index in [1.54, 1.807) is 0 Å². The second-order valence-corrected chi connectivity index (χ2v) is 7.06. The number of nitrogens with one attached hydrogen (secondary N) is 1. The SMILES string of the molecule is Cc1nc(N2CCCCC2C)ccc1CNC(C)(C)C. The standard InChI is InChI=1S/C17H29N3/c1-13-8-6-7-11-20(13)16-10-9-15(14(2)19-16)12-18-17(3,4)5/h9-10,13,18H,6-8,11-12H2,1-5H3. The molecule has 1 aliphatic heterocycles. The third-order valence-corrected chi connectivity index (χ3v) is 4.09. The number of aryl methyl sites for hydroxylation is 1. The van der Waals surface area contributed by atoms with Gasteiger partial charge in [0.2, 0.25) is 0 Å². The molecule has 0 radical (unpaired) electrons. The van der Waals surface area contributed by atoms with Crippen LogP contribution in [0.4, 0.5) is 5.82 Å². The molecule has 2 heterocycles. The lowest BCUT2D eigenvalue weighted by Gasteiger charge is -2.34. The number of rotatable bonds is 3. The normalized spacial score (nSPS) is 20.2. The molecule has 1 fully saturated rings. The van der Waals surface area contributed by atoms with Crippen molar-refractivity contribution in [2.75, 3.05) is 11.4 Å². The number of pyridine rings is 1. The second kappa shape index (κ2) is 6.13. The molecular formula is C17H29N3. The maximum atomic E-state index is 4.83. The lowest BCUT2D eigenvalue weighted by Crippen LogP contribution is -2.38. The van der Waals surface area contributed by atoms with Crippen molar-refractivity contribution in [2.45, 2.75) is 72.0 Å². The highest BCUT2D eigenvalue weighted by Gasteiger charge is 2.20. The topological polar surface area (TPSA) is 28.2 Å². The predicted molar refractivity (Wildman–Crippen MR) is 86.2 cm³/mol. The summed E-state index contributed by atoms with van der Waals surface area (Å²) < 4.78 is 0. The van der Waals surface area contributed by atoms with E-state index in [2.05, 4.69) is 57.0 Å². The maximum absolute atomic E-state index is 4.83. The van der Waals surface area contributed by atoms with Crippen LogP contribution >= 0.6 is 0 Å². The number of piperidine rings is 1. The highest BCUT2D eigenvalue weighted by Crippen LogP contribution is 2.24. The molecule has 1 N–H and O–H groups in total. The van der Waals surface area contributed by atoms with Crippen molar-refractivity contribution in [3.05, 3.63) is 23.4 Å². The fraction of sp³-hybridized carbons (Fsp3) is 0.706. The van der Waals surface area contributed by atoms with Gasteiger partial charge in [-0.05, 0) is 65.5 Å². The van der Waals surface area contributed by atoms with Crippen LogP contribution < -0.4 is 10.2 Å². The Morgan fingerprint density at radius 3 is 2.65 bits per heavy atom. The molecule has 20 heavy (non-hydrogen) atoms. The smallest absolute Gasteiger partial charge is 0.129 e. The van der Waals surface area contributed by atoms with Gasteiger partial charge in [-0.3, -0.25) is 0 Å². The summed E-state index contributed by atoms with van der Waals surface area (Å²) in [5.41, 5.74) is 2.59. The van der Waals surface area contributed by atoms with Crippen LogP contribution in [0.5, 0.6) is 0 Å². The number of hydrogen-bond donors (Lipinski definition) is 1. The largest absolute Gasteiger partial charge is 0.354 e. The summed E-state index contributed by atoms with van der Waals surface area (Å²) >= 11 is 0. The second-order valence-electron chi connectivity index (χ2n) is 7.06. The molecule has 0 aliphatic carbocycles. The molecule has 1 atom stereocenters. The van der Waals surface area contributed by atoms with Gasteiger partial charge in [0.15, 0.2) is 0 Å². The minimum atomic E-state index is 0.145. The van der Waals surface area contributed by atoms with Gasteiger partial charge in [-0.15, -0.1) is 0 Å². The Kier molecular flexibility index (Phi) is 4.69. The fourth-order valence-corrected chi connectivity index (χ4v) is 2.72. The van der Waals surface area contributed by atoms with Crippen molar-refractivity contribution in [3.8, 4) is 0 Å². The minimum absolute atomic E-state index is 0.145. The molecule has 0 saturated carbocycles. The summed E-state index contributed by atoms with van der Waals surface area (Å²) in [5, 5.41) is 3.53. The molecular weight excluding hydrogens is 246 g/mol. The predicted octanol–water partition coefficient (Wildman–Crippen LogP) is 3.66. The van der Waals surface area contributed by atoms with Gasteiger partial charge in [0.05, 0.1) is 0 Å². The van der Waals surface area contributed by atoms with E-state index in [4.69, 9.17) is 4.98 Å². The third-order valence-electron chi connectivity index (χ3n) is 4.09. The third kappa shape index (κ3) is 3.95. The minimum Gasteiger partial charge on any atom is -0.354 e. The van der Waals surface area contributed by atoms with Crippen LogP contribution in [0.2, 0.25) is 0 Å². The van der Waals surface area contributed by atoms with Crippen LogP contribution in [0.1, 0.15) is 58.2 Å². The molecule has 2 rings (SSSR count). The van der Waals surface area contributed by atoms with Gasteiger partial charge >= 0.3 is 0 Å². The van der Waals surface area contributed by atoms with Crippen LogP contribution in [0.25, 0.3) is 0 Å². The van der Waals surface area contributed by atoms with Crippen molar-refractivity contribution in [3.63, 3.8) is 0 Å². The van der Waals surface area contributed by atoms with E-state index in [1.807, 2.05) is 0 Å². The molecule has 0 amide bonds. The number of hydrogen-bond acceptors (Lipinski definition) is 3. The average Bonchev–Trinajstić information content (AvgIpc) is 2.37. The summed E-state index contributed by atoms with van der Waals surface area (Å²) in [4.78, 5) is 7.29. The first kappa shape index (κ1) is 15.3. The Labute approximate surface area is 123 Å². The van der Waals surface area contributed by atoms with Crippen LogP contribution in [0.15, 0.2) is 12.1 Å². The van der Waals surface area contributed by atoms with Crippen molar-refractivity contribution in [1.29, 1.82) is 0 Å². The Balaban J connectivity index is 2.09. The molecule has 3 nitrogen and oxygen atoms in total. The number of nitrogens with zero attached hydrogens (tertiary/aromatic N) is 2. The van der Waals surface area contributed by atoms with E-state index in [0.717, 1.165) is 24.6 Å². The van der Waals surface area contributed by atoms with E-state index < -0.39 is 0 Å². The number of anilines is 1. The molecule has 1 saturated heterocycles. The van der Waals surface area contributed by atoms with E-state index in [0.29, 0.717) is 6.04 Å². The zero-order valence-corrected chi connectivity index (χ0v) is 13.7. The molecule has 0 aromatic carbocycles. The fourth-order valence-electron chi connectivity index (χ4n) is 2.72.